The second-order valence-corrected chi connectivity index (χ2v) is 16.3. The first-order chi connectivity index (χ1) is 27.4. The lowest BCUT2D eigenvalue weighted by molar-refractivity contribution is -0.132. The van der Waals surface area contributed by atoms with Crippen molar-refractivity contribution in [1.82, 2.24) is 15.5 Å². The van der Waals surface area contributed by atoms with Crippen LogP contribution in [0.3, 0.4) is 0 Å². The Kier molecular flexibility index (Phi) is 10.1. The lowest BCUT2D eigenvalue weighted by Gasteiger charge is -2.47. The highest BCUT2D eigenvalue weighted by Gasteiger charge is 2.37. The first kappa shape index (κ1) is 36.3. The van der Waals surface area contributed by atoms with Crippen LogP contribution in [0, 0.1) is 5.92 Å². The maximum absolute atomic E-state index is 12.1. The van der Waals surface area contributed by atoms with E-state index in [4.69, 9.17) is 4.74 Å². The van der Waals surface area contributed by atoms with Crippen molar-refractivity contribution in [2.24, 2.45) is 5.92 Å². The zero-order valence-corrected chi connectivity index (χ0v) is 31.9. The number of carbonyl (C=O) groups is 3. The number of phenols is 1. The maximum Gasteiger partial charge on any atom is 0.252 e. The van der Waals surface area contributed by atoms with Gasteiger partial charge in [-0.05, 0) is 103 Å². The number of carbonyl (C=O) groups excluding carboxylic acids is 3. The molecule has 0 radical (unpaired) electrons. The van der Waals surface area contributed by atoms with Gasteiger partial charge < -0.3 is 25.0 Å². The monoisotopic (exact) mass is 753 g/mol. The zero-order valence-electron chi connectivity index (χ0n) is 31.9. The van der Waals surface area contributed by atoms with E-state index in [1.165, 1.54) is 40.8 Å². The number of rotatable bonds is 5. The Bertz CT molecular complexity index is 2080. The van der Waals surface area contributed by atoms with Crippen LogP contribution in [0.15, 0.2) is 84.9 Å². The highest BCUT2D eigenvalue weighted by Crippen LogP contribution is 2.47. The molecule has 10 heteroatoms. The van der Waals surface area contributed by atoms with Gasteiger partial charge in [-0.1, -0.05) is 48.5 Å². The van der Waals surface area contributed by atoms with Crippen LogP contribution in [-0.4, -0.2) is 79.6 Å². The summed E-state index contributed by atoms with van der Waals surface area (Å²) in [6, 6.07) is 30.7. The summed E-state index contributed by atoms with van der Waals surface area (Å²) in [6.45, 7) is 7.71. The summed E-state index contributed by atoms with van der Waals surface area (Å²) in [4.78, 5) is 40.6. The molecule has 0 spiro atoms. The third-order valence-corrected chi connectivity index (χ3v) is 12.9. The van der Waals surface area contributed by atoms with Gasteiger partial charge in [0.05, 0.1) is 11.7 Å². The Labute approximate surface area is 328 Å². The predicted molar refractivity (Wildman–Crippen MR) is 217 cm³/mol. The van der Waals surface area contributed by atoms with Crippen molar-refractivity contribution in [3.8, 4) is 11.5 Å². The lowest BCUT2D eigenvalue weighted by atomic mass is 9.69. The van der Waals surface area contributed by atoms with Gasteiger partial charge in [0.15, 0.2) is 0 Å². The van der Waals surface area contributed by atoms with Crippen molar-refractivity contribution in [2.75, 3.05) is 55.7 Å². The molecule has 6 aliphatic rings. The number of anilines is 2. The van der Waals surface area contributed by atoms with Crippen LogP contribution in [0.4, 0.5) is 11.4 Å². The number of nitrogens with zero attached hydrogens (tertiary/aromatic N) is 3. The van der Waals surface area contributed by atoms with Crippen LogP contribution in [0.2, 0.25) is 0 Å². The molecule has 10 nitrogen and oxygen atoms in total. The Morgan fingerprint density at radius 1 is 0.786 bits per heavy atom. The summed E-state index contributed by atoms with van der Waals surface area (Å²) >= 11 is 0. The molecule has 3 N–H and O–H groups in total. The van der Waals surface area contributed by atoms with Crippen molar-refractivity contribution in [3.63, 3.8) is 0 Å². The Hall–Kier alpha value is -5.35. The minimum absolute atomic E-state index is 0.0107. The number of fused-ring (bicyclic) bond motifs is 6. The van der Waals surface area contributed by atoms with Gasteiger partial charge >= 0.3 is 0 Å². The van der Waals surface area contributed by atoms with E-state index in [9.17, 15) is 19.5 Å². The number of hydrogen-bond acceptors (Lipinski definition) is 8. The number of imide groups is 1. The Morgan fingerprint density at radius 2 is 1.57 bits per heavy atom. The van der Waals surface area contributed by atoms with Gasteiger partial charge in [-0.25, -0.2) is 0 Å². The molecule has 1 aliphatic carbocycles. The standard InChI is InChI=1S/C41H44N4O3.C5H7NO2/c46-33-11-13-35-30(22-33)8-12-34(28-4-2-1-3-5-28)39(35)29-6-9-31(10-7-29)44-18-16-27(17-19-44)24-43-20-21-45-32(25-43)26-48-40-37-23-42-41(47)36(37)14-15-38(40)45;7-4-2-1-3-5(8)6-4/h1-7,9-11,13-15,22,27,32,34,39,46H,8,12,16-21,23-26H2,(H,42,47);1-3H2,(H,6,7,8). The molecule has 4 aromatic carbocycles. The first-order valence-electron chi connectivity index (χ1n) is 20.5. The van der Waals surface area contributed by atoms with Crippen molar-refractivity contribution in [2.45, 2.75) is 69.4 Å². The minimum atomic E-state index is -0.138. The van der Waals surface area contributed by atoms with E-state index in [1.54, 1.807) is 0 Å². The summed E-state index contributed by atoms with van der Waals surface area (Å²) in [6.07, 6.45) is 6.23. The second-order valence-electron chi connectivity index (χ2n) is 16.3. The van der Waals surface area contributed by atoms with Crippen molar-refractivity contribution in [3.05, 3.63) is 118 Å². The minimum Gasteiger partial charge on any atom is -0.508 e. The van der Waals surface area contributed by atoms with Crippen molar-refractivity contribution >= 4 is 29.1 Å². The van der Waals surface area contributed by atoms with Gasteiger partial charge in [0.25, 0.3) is 5.91 Å². The molecule has 5 aliphatic heterocycles. The van der Waals surface area contributed by atoms with Gasteiger partial charge in [-0.15, -0.1) is 0 Å². The number of aromatic hydroxyl groups is 1. The average Bonchev–Trinajstić information content (AvgIpc) is 3.61. The molecule has 10 rings (SSSR count). The number of amides is 3. The molecule has 5 heterocycles. The van der Waals surface area contributed by atoms with E-state index in [0.717, 1.165) is 74.7 Å². The number of benzene rings is 4. The highest BCUT2D eigenvalue weighted by molar-refractivity contribution is 6.00. The molecule has 3 saturated heterocycles. The van der Waals surface area contributed by atoms with E-state index in [1.807, 2.05) is 18.2 Å². The van der Waals surface area contributed by atoms with Crippen LogP contribution in [0.5, 0.6) is 11.5 Å². The summed E-state index contributed by atoms with van der Waals surface area (Å²) in [5.41, 5.74) is 9.65. The van der Waals surface area contributed by atoms with Crippen LogP contribution in [-0.2, 0) is 22.6 Å². The summed E-state index contributed by atoms with van der Waals surface area (Å²) in [5, 5.41) is 15.4. The fraction of sp³-hybridized carbons (Fsp3) is 0.413. The van der Waals surface area contributed by atoms with E-state index < -0.39 is 0 Å². The van der Waals surface area contributed by atoms with Gasteiger partial charge in [0.1, 0.15) is 18.1 Å². The molecule has 0 aromatic heterocycles. The predicted octanol–water partition coefficient (Wildman–Crippen LogP) is 6.11. The number of aryl methyl sites for hydroxylation is 1. The van der Waals surface area contributed by atoms with E-state index in [0.29, 0.717) is 56.0 Å². The van der Waals surface area contributed by atoms with Crippen LogP contribution < -0.4 is 25.2 Å². The molecule has 56 heavy (non-hydrogen) atoms. The molecular weight excluding hydrogens is 703 g/mol. The van der Waals surface area contributed by atoms with E-state index >= 15 is 0 Å². The fourth-order valence-corrected chi connectivity index (χ4v) is 9.98. The van der Waals surface area contributed by atoms with Gasteiger partial charge in [-0.2, -0.15) is 0 Å². The van der Waals surface area contributed by atoms with Crippen molar-refractivity contribution < 1.29 is 24.2 Å². The normalized spacial score (nSPS) is 23.4. The first-order valence-corrected chi connectivity index (χ1v) is 20.5. The molecule has 290 valence electrons. The fourth-order valence-electron chi connectivity index (χ4n) is 9.98. The van der Waals surface area contributed by atoms with Crippen LogP contribution in [0.1, 0.15) is 88.5 Å². The van der Waals surface area contributed by atoms with E-state index in [2.05, 4.69) is 92.1 Å². The highest BCUT2D eigenvalue weighted by atomic mass is 16.5. The average molecular weight is 754 g/mol. The van der Waals surface area contributed by atoms with Gasteiger partial charge in [0.2, 0.25) is 11.8 Å². The number of phenolic OH excluding ortho intramolecular Hbond substituents is 1. The second kappa shape index (κ2) is 15.7. The van der Waals surface area contributed by atoms with Crippen LogP contribution in [0.25, 0.3) is 0 Å². The number of piperazine rings is 1. The third-order valence-electron chi connectivity index (χ3n) is 12.9. The molecule has 3 fully saturated rings. The topological polar surface area (TPSA) is 114 Å². The number of nitrogens with one attached hydrogen (secondary N) is 2. The zero-order chi connectivity index (χ0) is 38.2. The summed E-state index contributed by atoms with van der Waals surface area (Å²) in [7, 11) is 0. The molecular formula is C46H51N5O5. The summed E-state index contributed by atoms with van der Waals surface area (Å²) < 4.78 is 6.31. The lowest BCUT2D eigenvalue weighted by Crippen LogP contribution is -2.58. The molecule has 3 unspecified atom stereocenters. The maximum atomic E-state index is 12.1. The summed E-state index contributed by atoms with van der Waals surface area (Å²) in [5.74, 6) is 2.42. The number of ether oxygens (including phenoxy) is 1. The Balaban J connectivity index is 0.000000459. The van der Waals surface area contributed by atoms with Gasteiger partial charge in [0, 0.05) is 81.4 Å². The smallest absolute Gasteiger partial charge is 0.252 e. The van der Waals surface area contributed by atoms with Gasteiger partial charge in [-0.3, -0.25) is 24.6 Å². The quantitative estimate of drug-likeness (QED) is 0.210. The number of hydrogen-bond donors (Lipinski definition) is 3. The Morgan fingerprint density at radius 3 is 2.32 bits per heavy atom. The number of piperidine rings is 2. The third kappa shape index (κ3) is 7.34. The SMILES string of the molecule is O=C1CCCC(=O)N1.O=C1NCc2c1ccc1c2OCC2CN(CC3CCN(c4ccc(C5c6ccc(O)cc6CCC5c5ccccc5)cc4)CC3)CCN12. The largest absolute Gasteiger partial charge is 0.508 e. The molecule has 4 aromatic rings. The van der Waals surface area contributed by atoms with Crippen molar-refractivity contribution in [1.29, 1.82) is 0 Å². The van der Waals surface area contributed by atoms with E-state index in [-0.39, 0.29) is 23.6 Å². The van der Waals surface area contributed by atoms with Crippen LogP contribution >= 0.6 is 0 Å². The molecule has 0 saturated carbocycles. The molecule has 0 bridgehead atoms. The molecule has 3 atom stereocenters. The molecule has 3 amide bonds.